The summed E-state index contributed by atoms with van der Waals surface area (Å²) in [4.78, 5) is 43.9. The number of amidine groups is 1. The van der Waals surface area contributed by atoms with Gasteiger partial charge in [-0.3, -0.25) is 14.9 Å². The van der Waals surface area contributed by atoms with E-state index in [1.165, 1.54) is 12.0 Å². The maximum absolute atomic E-state index is 13.0. The second-order valence-electron chi connectivity index (χ2n) is 9.21. The monoisotopic (exact) mass is 487 g/mol. The molecule has 4 amide bonds. The molecule has 36 heavy (non-hydrogen) atoms. The number of allylic oxidation sites excluding steroid dienone is 5. The normalized spacial score (nSPS) is 21.1. The Morgan fingerprint density at radius 3 is 2.58 bits per heavy atom. The van der Waals surface area contributed by atoms with Gasteiger partial charge in [0.15, 0.2) is 0 Å². The summed E-state index contributed by atoms with van der Waals surface area (Å²) in [5.41, 5.74) is 9.62. The average Bonchev–Trinajstić information content (AvgIpc) is 3.31. The molecule has 9 nitrogen and oxygen atoms in total. The number of nitrogens with two attached hydrogens (primary N) is 1. The predicted octanol–water partition coefficient (Wildman–Crippen LogP) is 2.55. The van der Waals surface area contributed by atoms with Gasteiger partial charge >= 0.3 is 6.03 Å². The van der Waals surface area contributed by atoms with Crippen LogP contribution < -0.4 is 21.1 Å². The number of imide groups is 1. The van der Waals surface area contributed by atoms with Crippen molar-refractivity contribution < 1.29 is 19.1 Å². The number of urea groups is 1. The van der Waals surface area contributed by atoms with E-state index in [-0.39, 0.29) is 12.5 Å². The number of hydrogen-bond donors (Lipinski definition) is 3. The number of carbonyl (C=O) groups excluding carboxylic acids is 3. The smallest absolute Gasteiger partial charge is 0.323 e. The van der Waals surface area contributed by atoms with Gasteiger partial charge in [0.25, 0.3) is 11.8 Å². The quantitative estimate of drug-likeness (QED) is 0.255. The lowest BCUT2D eigenvalue weighted by atomic mass is 9.95. The number of aliphatic imine (C=N–C) groups is 1. The van der Waals surface area contributed by atoms with Crippen LogP contribution in [0.15, 0.2) is 57.8 Å². The number of carbonyl (C=O) groups is 3. The fraction of sp³-hybridized carbons (Fsp3) is 0.333. The Bertz CT molecular complexity index is 1340. The summed E-state index contributed by atoms with van der Waals surface area (Å²) in [6.45, 7) is 6.10. The van der Waals surface area contributed by atoms with Crippen LogP contribution in [0.5, 0.6) is 5.75 Å². The summed E-state index contributed by atoms with van der Waals surface area (Å²) in [7, 11) is 1.53. The minimum absolute atomic E-state index is 0.0800. The van der Waals surface area contributed by atoms with Crippen molar-refractivity contribution >= 4 is 23.7 Å². The Hall–Kier alpha value is -4.32. The second kappa shape index (κ2) is 9.74. The van der Waals surface area contributed by atoms with Crippen LogP contribution >= 0.6 is 0 Å². The first-order chi connectivity index (χ1) is 17.1. The van der Waals surface area contributed by atoms with Gasteiger partial charge in [-0.2, -0.15) is 0 Å². The van der Waals surface area contributed by atoms with Crippen LogP contribution in [0.2, 0.25) is 0 Å². The van der Waals surface area contributed by atoms with Crippen LogP contribution in [-0.4, -0.2) is 47.8 Å². The van der Waals surface area contributed by atoms with Gasteiger partial charge in [-0.05, 0) is 56.9 Å². The van der Waals surface area contributed by atoms with Crippen LogP contribution in [-0.2, 0) is 11.3 Å². The van der Waals surface area contributed by atoms with Gasteiger partial charge < -0.3 is 20.7 Å². The van der Waals surface area contributed by atoms with Gasteiger partial charge in [-0.1, -0.05) is 35.6 Å². The fourth-order valence-electron chi connectivity index (χ4n) is 4.12. The predicted molar refractivity (Wildman–Crippen MR) is 136 cm³/mol. The average molecular weight is 488 g/mol. The molecular weight excluding hydrogens is 458 g/mol. The molecule has 0 radical (unpaired) electrons. The highest BCUT2D eigenvalue weighted by atomic mass is 16.5. The van der Waals surface area contributed by atoms with Gasteiger partial charge in [0.05, 0.1) is 13.7 Å². The largest absolute Gasteiger partial charge is 0.497 e. The van der Waals surface area contributed by atoms with E-state index in [4.69, 9.17) is 10.5 Å². The first-order valence-electron chi connectivity index (χ1n) is 11.6. The van der Waals surface area contributed by atoms with Gasteiger partial charge in [-0.15, -0.1) is 0 Å². The number of amides is 4. The third-order valence-electron chi connectivity index (χ3n) is 6.49. The molecule has 1 aromatic rings. The molecule has 1 fully saturated rings. The summed E-state index contributed by atoms with van der Waals surface area (Å²) in [5.74, 6) is 6.22. The summed E-state index contributed by atoms with van der Waals surface area (Å²) >= 11 is 0. The zero-order valence-corrected chi connectivity index (χ0v) is 20.8. The van der Waals surface area contributed by atoms with E-state index in [0.29, 0.717) is 36.5 Å². The minimum atomic E-state index is -1.55. The van der Waals surface area contributed by atoms with Crippen LogP contribution in [0.25, 0.3) is 0 Å². The highest BCUT2D eigenvalue weighted by Gasteiger charge is 2.48. The van der Waals surface area contributed by atoms with Crippen LogP contribution in [0, 0.1) is 11.8 Å². The third kappa shape index (κ3) is 4.89. The van der Waals surface area contributed by atoms with Gasteiger partial charge in [-0.25, -0.2) is 9.79 Å². The third-order valence-corrected chi connectivity index (χ3v) is 6.49. The van der Waals surface area contributed by atoms with E-state index in [1.807, 2.05) is 39.0 Å². The summed E-state index contributed by atoms with van der Waals surface area (Å²) in [5, 5.41) is 4.89. The van der Waals surface area contributed by atoms with Gasteiger partial charge in [0, 0.05) is 23.4 Å². The van der Waals surface area contributed by atoms with E-state index < -0.39 is 17.5 Å². The Kier molecular flexibility index (Phi) is 6.71. The molecular formula is C27H29N5O4. The number of ether oxygens (including phenoxy) is 1. The lowest BCUT2D eigenvalue weighted by Gasteiger charge is -2.26. The first-order valence-corrected chi connectivity index (χ1v) is 11.6. The number of nitrogens with zero attached hydrogens (tertiary/aromatic N) is 2. The Morgan fingerprint density at radius 1 is 1.19 bits per heavy atom. The molecule has 1 saturated heterocycles. The number of rotatable bonds is 5. The molecule has 0 saturated carbocycles. The van der Waals surface area contributed by atoms with E-state index in [0.717, 1.165) is 28.0 Å². The second-order valence-corrected chi connectivity index (χ2v) is 9.21. The highest BCUT2D eigenvalue weighted by molar-refractivity contribution is 6.10. The van der Waals surface area contributed by atoms with Gasteiger partial charge in [0.2, 0.25) is 5.54 Å². The number of fused-ring (bicyclic) bond motifs is 1. The number of methoxy groups -OCH3 is 1. The molecule has 4 rings (SSSR count). The number of benzene rings is 1. The molecule has 9 heteroatoms. The lowest BCUT2D eigenvalue weighted by molar-refractivity contribution is -0.122. The maximum atomic E-state index is 13.0. The molecule has 2 heterocycles. The Labute approximate surface area is 210 Å². The lowest BCUT2D eigenvalue weighted by Crippen LogP contribution is -2.54. The molecule has 0 bridgehead atoms. The highest BCUT2D eigenvalue weighted by Crippen LogP contribution is 2.28. The van der Waals surface area contributed by atoms with Crippen molar-refractivity contribution in [2.24, 2.45) is 10.7 Å². The summed E-state index contributed by atoms with van der Waals surface area (Å²) in [6, 6.07) is 4.64. The van der Waals surface area contributed by atoms with Crippen molar-refractivity contribution in [3.8, 4) is 17.6 Å². The van der Waals surface area contributed by atoms with Crippen LogP contribution in [0.4, 0.5) is 4.79 Å². The van der Waals surface area contributed by atoms with Crippen molar-refractivity contribution in [2.45, 2.75) is 45.7 Å². The van der Waals surface area contributed by atoms with E-state index >= 15 is 0 Å². The fourth-order valence-corrected chi connectivity index (χ4v) is 4.12. The molecule has 1 aliphatic carbocycles. The van der Waals surface area contributed by atoms with Crippen LogP contribution in [0.3, 0.4) is 0 Å². The molecule has 0 aromatic heterocycles. The minimum Gasteiger partial charge on any atom is -0.497 e. The van der Waals surface area contributed by atoms with Crippen molar-refractivity contribution in [1.82, 2.24) is 15.5 Å². The molecule has 1 unspecified atom stereocenters. The molecule has 2 aliphatic heterocycles. The number of hydrogen-bond acceptors (Lipinski definition) is 5. The number of nitrogens with one attached hydrogen (secondary N) is 2. The molecule has 0 spiro atoms. The van der Waals surface area contributed by atoms with Crippen molar-refractivity contribution in [3.05, 3.63) is 63.9 Å². The molecule has 3 aliphatic rings. The van der Waals surface area contributed by atoms with E-state index in [2.05, 4.69) is 27.5 Å². The molecule has 186 valence electrons. The standard InChI is InChI=1S/C27H29N5O4/c1-16(2)17(3)29-23(28)19-7-5-18(6-8-19)11-12-27(25(34)30-26(35)31-27)15-32-14-20-9-10-21(36-4)13-22(20)24(32)33/h5,7,9-10,13H,6,8,14-15H2,1-4H3,(H2,28,29)(H2,30,31,34,35). The maximum Gasteiger partial charge on any atom is 0.323 e. The zero-order chi connectivity index (χ0) is 26.0. The van der Waals surface area contributed by atoms with Crippen molar-refractivity contribution in [2.75, 3.05) is 13.7 Å². The van der Waals surface area contributed by atoms with Crippen molar-refractivity contribution in [3.63, 3.8) is 0 Å². The summed E-state index contributed by atoms with van der Waals surface area (Å²) in [6.07, 6.45) is 4.98. The Morgan fingerprint density at radius 2 is 1.97 bits per heavy atom. The van der Waals surface area contributed by atoms with Crippen LogP contribution in [0.1, 0.15) is 49.5 Å². The van der Waals surface area contributed by atoms with E-state index in [9.17, 15) is 14.4 Å². The summed E-state index contributed by atoms with van der Waals surface area (Å²) < 4.78 is 5.22. The van der Waals surface area contributed by atoms with Gasteiger partial charge in [0.1, 0.15) is 11.6 Å². The molecule has 4 N–H and O–H groups in total. The molecule has 1 atom stereocenters. The molecule has 1 aromatic carbocycles. The zero-order valence-electron chi connectivity index (χ0n) is 20.8. The Balaban J connectivity index is 1.57. The SMILES string of the molecule is COc1ccc2c(c1)C(=O)N(CC1(C#CC3=CC=C(C(N)=NC(C)=C(C)C)CC3)NC(=O)NC1=O)C2. The van der Waals surface area contributed by atoms with E-state index in [1.54, 1.807) is 12.1 Å². The van der Waals surface area contributed by atoms with Crippen molar-refractivity contribution in [1.29, 1.82) is 0 Å². The first kappa shape index (κ1) is 24.8. The topological polar surface area (TPSA) is 126 Å².